The zero-order valence-corrected chi connectivity index (χ0v) is 13.6. The van der Waals surface area contributed by atoms with Crippen molar-refractivity contribution in [2.24, 2.45) is 4.99 Å². The summed E-state index contributed by atoms with van der Waals surface area (Å²) < 4.78 is 2.02. The minimum Gasteiger partial charge on any atom is -0.349 e. The van der Waals surface area contributed by atoms with E-state index in [4.69, 9.17) is 0 Å². The van der Waals surface area contributed by atoms with E-state index in [2.05, 4.69) is 49.8 Å². The lowest BCUT2D eigenvalue weighted by atomic mass is 10.3. The molecule has 2 aromatic rings. The van der Waals surface area contributed by atoms with Crippen LogP contribution >= 0.6 is 11.3 Å². The molecule has 0 unspecified atom stereocenters. The van der Waals surface area contributed by atoms with Crippen LogP contribution in [0.3, 0.4) is 0 Å². The van der Waals surface area contributed by atoms with Gasteiger partial charge in [0.1, 0.15) is 6.33 Å². The highest BCUT2D eigenvalue weighted by atomic mass is 32.1. The molecule has 0 bridgehead atoms. The van der Waals surface area contributed by atoms with Gasteiger partial charge in [-0.15, -0.1) is 21.5 Å². The summed E-state index contributed by atoms with van der Waals surface area (Å²) >= 11 is 1.79. The highest BCUT2D eigenvalue weighted by Crippen LogP contribution is 2.09. The number of likely N-dealkylation sites (N-methyl/N-ethyl adjacent to an activating group) is 1. The number of hydrogen-bond donors (Lipinski definition) is 1. The molecule has 0 amide bonds. The summed E-state index contributed by atoms with van der Waals surface area (Å²) in [6.45, 7) is 4.51. The summed E-state index contributed by atoms with van der Waals surface area (Å²) in [7, 11) is 3.85. The Bertz CT molecular complexity index is 560. The molecule has 0 fully saturated rings. The minimum absolute atomic E-state index is 0.629. The maximum atomic E-state index is 4.32. The molecule has 0 radical (unpaired) electrons. The van der Waals surface area contributed by atoms with Crippen molar-refractivity contribution in [1.29, 1.82) is 0 Å². The molecule has 6 nitrogen and oxygen atoms in total. The van der Waals surface area contributed by atoms with Gasteiger partial charge >= 0.3 is 0 Å². The largest absolute Gasteiger partial charge is 0.349 e. The Morgan fingerprint density at radius 1 is 1.52 bits per heavy atom. The van der Waals surface area contributed by atoms with Gasteiger partial charge in [-0.3, -0.25) is 4.99 Å². The van der Waals surface area contributed by atoms with E-state index in [1.807, 2.05) is 11.6 Å². The van der Waals surface area contributed by atoms with E-state index in [1.54, 1.807) is 24.7 Å². The van der Waals surface area contributed by atoms with Crippen LogP contribution in [0.2, 0.25) is 0 Å². The third-order valence-corrected chi connectivity index (χ3v) is 4.22. The van der Waals surface area contributed by atoms with E-state index in [0.717, 1.165) is 31.3 Å². The molecule has 2 rings (SSSR count). The predicted molar refractivity (Wildman–Crippen MR) is 86.5 cm³/mol. The zero-order chi connectivity index (χ0) is 15.1. The van der Waals surface area contributed by atoms with Gasteiger partial charge in [-0.1, -0.05) is 6.07 Å². The highest BCUT2D eigenvalue weighted by molar-refractivity contribution is 7.09. The number of aromatic nitrogens is 3. The van der Waals surface area contributed by atoms with E-state index in [-0.39, 0.29) is 0 Å². The van der Waals surface area contributed by atoms with Crippen molar-refractivity contribution >= 4 is 17.3 Å². The molecule has 2 aromatic heterocycles. The standard InChI is InChI=1S/C14H22N6S/c1-4-20-11-17-18-13(20)10-16-14(15-2)19(3)8-7-12-6-5-9-21-12/h5-6,9,11H,4,7-8,10H2,1-3H3,(H,15,16). The number of aliphatic imine (C=N–C) groups is 1. The van der Waals surface area contributed by atoms with Gasteiger partial charge in [0, 0.05) is 32.1 Å². The number of aryl methyl sites for hydroxylation is 1. The minimum atomic E-state index is 0.629. The van der Waals surface area contributed by atoms with Crippen LogP contribution in [0.25, 0.3) is 0 Å². The molecule has 0 aliphatic carbocycles. The fourth-order valence-corrected chi connectivity index (χ4v) is 2.76. The van der Waals surface area contributed by atoms with E-state index < -0.39 is 0 Å². The van der Waals surface area contributed by atoms with Crippen molar-refractivity contribution < 1.29 is 0 Å². The van der Waals surface area contributed by atoms with Crippen molar-refractivity contribution in [2.75, 3.05) is 20.6 Å². The first-order chi connectivity index (χ1) is 10.2. The summed E-state index contributed by atoms with van der Waals surface area (Å²) in [4.78, 5) is 7.84. The summed E-state index contributed by atoms with van der Waals surface area (Å²) in [6.07, 6.45) is 2.78. The fraction of sp³-hybridized carbons (Fsp3) is 0.500. The molecule has 1 N–H and O–H groups in total. The number of hydrogen-bond acceptors (Lipinski definition) is 4. The number of nitrogens with zero attached hydrogens (tertiary/aromatic N) is 5. The number of nitrogens with one attached hydrogen (secondary N) is 1. The molecule has 0 saturated heterocycles. The molecule has 0 aromatic carbocycles. The van der Waals surface area contributed by atoms with Crippen LogP contribution in [0.4, 0.5) is 0 Å². The van der Waals surface area contributed by atoms with Gasteiger partial charge in [0.15, 0.2) is 11.8 Å². The van der Waals surface area contributed by atoms with Crippen LogP contribution in [0.1, 0.15) is 17.6 Å². The van der Waals surface area contributed by atoms with Crippen molar-refractivity contribution in [3.8, 4) is 0 Å². The second-order valence-electron chi connectivity index (χ2n) is 4.68. The molecule has 0 aliphatic heterocycles. The first-order valence-corrected chi connectivity index (χ1v) is 7.93. The van der Waals surface area contributed by atoms with Gasteiger partial charge in [-0.05, 0) is 24.8 Å². The molecule has 2 heterocycles. The van der Waals surface area contributed by atoms with Crippen molar-refractivity contribution in [1.82, 2.24) is 25.0 Å². The van der Waals surface area contributed by atoms with E-state index in [0.29, 0.717) is 6.54 Å². The van der Waals surface area contributed by atoms with Crippen LogP contribution < -0.4 is 5.32 Å². The first-order valence-electron chi connectivity index (χ1n) is 7.05. The summed E-state index contributed by atoms with van der Waals surface area (Å²) in [6, 6.07) is 4.25. The van der Waals surface area contributed by atoms with E-state index >= 15 is 0 Å². The lowest BCUT2D eigenvalue weighted by Gasteiger charge is -2.21. The second-order valence-corrected chi connectivity index (χ2v) is 5.72. The van der Waals surface area contributed by atoms with Crippen LogP contribution in [0.15, 0.2) is 28.8 Å². The lowest BCUT2D eigenvalue weighted by molar-refractivity contribution is 0.483. The Kier molecular flexibility index (Phi) is 5.74. The average molecular weight is 306 g/mol. The zero-order valence-electron chi connectivity index (χ0n) is 12.8. The van der Waals surface area contributed by atoms with Gasteiger partial charge in [0.25, 0.3) is 0 Å². The SMILES string of the molecule is CCn1cnnc1CNC(=NC)N(C)CCc1cccs1. The Balaban J connectivity index is 1.84. The lowest BCUT2D eigenvalue weighted by Crippen LogP contribution is -2.39. The van der Waals surface area contributed by atoms with Gasteiger partial charge in [0.2, 0.25) is 0 Å². The maximum Gasteiger partial charge on any atom is 0.193 e. The Labute approximate surface area is 129 Å². The van der Waals surface area contributed by atoms with Gasteiger partial charge in [-0.25, -0.2) is 0 Å². The van der Waals surface area contributed by atoms with Crippen LogP contribution in [0, 0.1) is 0 Å². The molecule has 21 heavy (non-hydrogen) atoms. The molecule has 0 atom stereocenters. The third kappa shape index (κ3) is 4.29. The quantitative estimate of drug-likeness (QED) is 0.651. The molecular formula is C14H22N6S. The predicted octanol–water partition coefficient (Wildman–Crippen LogP) is 1.61. The average Bonchev–Trinajstić information content (AvgIpc) is 3.16. The Morgan fingerprint density at radius 3 is 3.05 bits per heavy atom. The molecule has 114 valence electrons. The summed E-state index contributed by atoms with van der Waals surface area (Å²) in [5, 5.41) is 13.5. The van der Waals surface area contributed by atoms with Crippen LogP contribution in [-0.2, 0) is 19.5 Å². The van der Waals surface area contributed by atoms with E-state index in [9.17, 15) is 0 Å². The van der Waals surface area contributed by atoms with Gasteiger partial charge < -0.3 is 14.8 Å². The van der Waals surface area contributed by atoms with Crippen LogP contribution in [0.5, 0.6) is 0 Å². The fourth-order valence-electron chi connectivity index (χ4n) is 2.06. The van der Waals surface area contributed by atoms with Gasteiger partial charge in [0.05, 0.1) is 6.54 Å². The van der Waals surface area contributed by atoms with Crippen LogP contribution in [-0.4, -0.2) is 46.3 Å². The first kappa shape index (κ1) is 15.5. The third-order valence-electron chi connectivity index (χ3n) is 3.29. The van der Waals surface area contributed by atoms with E-state index in [1.165, 1.54) is 4.88 Å². The normalized spacial score (nSPS) is 11.7. The topological polar surface area (TPSA) is 58.3 Å². The van der Waals surface area contributed by atoms with Crippen molar-refractivity contribution in [2.45, 2.75) is 26.4 Å². The highest BCUT2D eigenvalue weighted by Gasteiger charge is 2.08. The number of rotatable bonds is 6. The molecular weight excluding hydrogens is 284 g/mol. The van der Waals surface area contributed by atoms with Gasteiger partial charge in [-0.2, -0.15) is 0 Å². The second kappa shape index (κ2) is 7.78. The Morgan fingerprint density at radius 2 is 2.38 bits per heavy atom. The monoisotopic (exact) mass is 306 g/mol. The molecule has 0 spiro atoms. The molecule has 0 saturated carbocycles. The Hall–Kier alpha value is -1.89. The smallest absolute Gasteiger partial charge is 0.193 e. The maximum absolute atomic E-state index is 4.32. The molecule has 7 heteroatoms. The number of thiophene rings is 1. The molecule has 0 aliphatic rings. The van der Waals surface area contributed by atoms with Crippen molar-refractivity contribution in [3.05, 3.63) is 34.5 Å². The summed E-state index contributed by atoms with van der Waals surface area (Å²) in [5.74, 6) is 1.79. The number of guanidine groups is 1. The van der Waals surface area contributed by atoms with Crippen molar-refractivity contribution in [3.63, 3.8) is 0 Å². The summed E-state index contributed by atoms with van der Waals surface area (Å²) in [5.41, 5.74) is 0.